The van der Waals surface area contributed by atoms with E-state index in [0.717, 1.165) is 13.0 Å². The summed E-state index contributed by atoms with van der Waals surface area (Å²) in [5, 5.41) is 23.6. The molecule has 1 rings (SSSR count). The van der Waals surface area contributed by atoms with Crippen LogP contribution in [-0.2, 0) is 6.18 Å². The average molecular weight is 302 g/mol. The second-order valence-corrected chi connectivity index (χ2v) is 3.56. The molecule has 0 saturated carbocycles. The zero-order chi connectivity index (χ0) is 15.4. The normalized spacial score (nSPS) is 10.4. The first-order valence-electron chi connectivity index (χ1n) is 4.40. The van der Waals surface area contributed by atoms with Crippen LogP contribution in [0.2, 0.25) is 5.02 Å². The Kier molecular flexibility index (Phi) is 5.56. The summed E-state index contributed by atoms with van der Waals surface area (Å²) in [5.74, 6) is 0. The molecule has 19 heavy (non-hydrogen) atoms. The zero-order valence-electron chi connectivity index (χ0n) is 9.23. The van der Waals surface area contributed by atoms with Crippen LogP contribution in [0.4, 0.5) is 23.7 Å². The van der Waals surface area contributed by atoms with Crippen molar-refractivity contribution in [3.8, 4) is 0 Å². The molecule has 0 amide bonds. The van der Waals surface area contributed by atoms with Crippen LogP contribution >= 0.6 is 11.6 Å². The lowest BCUT2D eigenvalue weighted by molar-refractivity contribution is -0.384. The monoisotopic (exact) mass is 301 g/mol. The van der Waals surface area contributed by atoms with Crippen molar-refractivity contribution in [3.63, 3.8) is 0 Å². The maximum absolute atomic E-state index is 12.4. The largest absolute Gasteiger partial charge is 0.503 e. The third kappa shape index (κ3) is 5.42. The number of alkyl halides is 3. The number of nitro groups is 1. The van der Waals surface area contributed by atoms with Crippen molar-refractivity contribution in [2.24, 2.45) is 0 Å². The van der Waals surface area contributed by atoms with Crippen molar-refractivity contribution in [3.05, 3.63) is 38.4 Å². The molecule has 0 aliphatic heterocycles. The molecule has 0 radical (unpaired) electrons. The van der Waals surface area contributed by atoms with E-state index in [-0.39, 0.29) is 5.56 Å². The van der Waals surface area contributed by atoms with Crippen molar-refractivity contribution in [1.82, 2.24) is 0 Å². The molecule has 0 aliphatic rings. The van der Waals surface area contributed by atoms with Gasteiger partial charge in [0.15, 0.2) is 0 Å². The fraction of sp³-hybridized carbons (Fsp3) is 0.222. The molecule has 0 fully saturated rings. The van der Waals surface area contributed by atoms with Gasteiger partial charge in [0.05, 0.1) is 15.5 Å². The minimum atomic E-state index is -4.60. The Labute approximate surface area is 109 Å². The quantitative estimate of drug-likeness (QED) is 0.607. The van der Waals surface area contributed by atoms with Gasteiger partial charge < -0.3 is 10.2 Å². The van der Waals surface area contributed by atoms with Crippen LogP contribution in [0.15, 0.2) is 12.1 Å². The van der Waals surface area contributed by atoms with E-state index < -0.39 is 33.5 Å². The van der Waals surface area contributed by atoms with Gasteiger partial charge in [-0.3, -0.25) is 10.1 Å². The van der Waals surface area contributed by atoms with Gasteiger partial charge in [-0.2, -0.15) is 13.2 Å². The predicted molar refractivity (Wildman–Crippen MR) is 58.5 cm³/mol. The molecule has 0 atom stereocenters. The summed E-state index contributed by atoms with van der Waals surface area (Å²) in [6.45, 7) is 1.13. The van der Waals surface area contributed by atoms with Crippen molar-refractivity contribution < 1.29 is 33.1 Å². The maximum Gasteiger partial charge on any atom is 0.503 e. The summed E-state index contributed by atoms with van der Waals surface area (Å²) >= 11 is 5.34. The molecule has 0 heterocycles. The number of halogens is 4. The summed E-state index contributed by atoms with van der Waals surface area (Å²) in [6, 6.07) is 1.53. The van der Waals surface area contributed by atoms with Crippen molar-refractivity contribution >= 4 is 23.4 Å². The molecule has 0 aliphatic carbocycles. The lowest BCUT2D eigenvalue weighted by Gasteiger charge is -2.11. The molecule has 6 nitrogen and oxygen atoms in total. The molecule has 0 spiro atoms. The summed E-state index contributed by atoms with van der Waals surface area (Å²) in [4.78, 5) is 18.1. The van der Waals surface area contributed by atoms with E-state index in [1.807, 2.05) is 0 Å². The van der Waals surface area contributed by atoms with Crippen LogP contribution in [0.25, 0.3) is 0 Å². The molecule has 0 bridgehead atoms. The van der Waals surface area contributed by atoms with Gasteiger partial charge in [0, 0.05) is 12.1 Å². The molecular weight excluding hydrogens is 295 g/mol. The molecular formula is C9H7ClF3NO5. The fourth-order valence-corrected chi connectivity index (χ4v) is 1.56. The highest BCUT2D eigenvalue weighted by molar-refractivity contribution is 6.31. The van der Waals surface area contributed by atoms with E-state index in [4.69, 9.17) is 26.6 Å². The first-order chi connectivity index (χ1) is 8.46. The second-order valence-electron chi connectivity index (χ2n) is 3.16. The van der Waals surface area contributed by atoms with Crippen molar-refractivity contribution in [2.45, 2.75) is 13.1 Å². The highest BCUT2D eigenvalue weighted by atomic mass is 35.5. The number of carbonyl (C=O) groups is 1. The third-order valence-electron chi connectivity index (χ3n) is 1.77. The van der Waals surface area contributed by atoms with Crippen LogP contribution in [-0.4, -0.2) is 21.3 Å². The van der Waals surface area contributed by atoms with Gasteiger partial charge in [-0.1, -0.05) is 11.6 Å². The minimum Gasteiger partial charge on any atom is -0.450 e. The Morgan fingerprint density at radius 1 is 1.37 bits per heavy atom. The van der Waals surface area contributed by atoms with Gasteiger partial charge in [-0.05, 0) is 12.5 Å². The van der Waals surface area contributed by atoms with Crippen molar-refractivity contribution in [2.75, 3.05) is 0 Å². The topological polar surface area (TPSA) is 101 Å². The number of benzene rings is 1. The van der Waals surface area contributed by atoms with Crippen LogP contribution < -0.4 is 0 Å². The highest BCUT2D eigenvalue weighted by Crippen LogP contribution is 2.38. The van der Waals surface area contributed by atoms with Gasteiger partial charge in [0.1, 0.15) is 0 Å². The smallest absolute Gasteiger partial charge is 0.450 e. The third-order valence-corrected chi connectivity index (χ3v) is 2.06. The van der Waals surface area contributed by atoms with Crippen molar-refractivity contribution in [1.29, 1.82) is 0 Å². The zero-order valence-corrected chi connectivity index (χ0v) is 9.99. The number of aryl methyl sites for hydroxylation is 1. The Hall–Kier alpha value is -2.03. The molecule has 0 saturated heterocycles. The molecule has 1 aromatic carbocycles. The SMILES string of the molecule is Cc1cc([N+](=O)[O-])cc(Cl)c1C(F)(F)F.O=C(O)O. The van der Waals surface area contributed by atoms with Crippen LogP contribution in [0.1, 0.15) is 11.1 Å². The maximum atomic E-state index is 12.4. The number of nitro benzene ring substituents is 1. The molecule has 106 valence electrons. The van der Waals surface area contributed by atoms with E-state index in [0.29, 0.717) is 6.07 Å². The minimum absolute atomic E-state index is 0.262. The Morgan fingerprint density at radius 3 is 2.05 bits per heavy atom. The number of hydrogen-bond donors (Lipinski definition) is 2. The number of hydrogen-bond acceptors (Lipinski definition) is 3. The van der Waals surface area contributed by atoms with E-state index in [1.165, 1.54) is 0 Å². The molecule has 0 aromatic heterocycles. The summed E-state index contributed by atoms with van der Waals surface area (Å²) in [5.41, 5.74) is -1.75. The second kappa shape index (κ2) is 6.23. The highest BCUT2D eigenvalue weighted by Gasteiger charge is 2.36. The molecule has 1 aromatic rings. The van der Waals surface area contributed by atoms with E-state index >= 15 is 0 Å². The lowest BCUT2D eigenvalue weighted by atomic mass is 10.1. The predicted octanol–water partition coefficient (Wildman–Crippen LogP) is 3.80. The first-order valence-corrected chi connectivity index (χ1v) is 4.78. The number of carboxylic acid groups (broad SMARTS) is 2. The summed E-state index contributed by atoms with van der Waals surface area (Å²) in [6.07, 6.45) is -6.43. The number of rotatable bonds is 1. The van der Waals surface area contributed by atoms with Gasteiger partial charge in [-0.15, -0.1) is 0 Å². The molecule has 10 heteroatoms. The van der Waals surface area contributed by atoms with Crippen LogP contribution in [0, 0.1) is 17.0 Å². The van der Waals surface area contributed by atoms with Gasteiger partial charge in [0.2, 0.25) is 0 Å². The molecule has 0 unspecified atom stereocenters. The van der Waals surface area contributed by atoms with Crippen LogP contribution in [0.5, 0.6) is 0 Å². The average Bonchev–Trinajstić information content (AvgIpc) is 2.12. The lowest BCUT2D eigenvalue weighted by Crippen LogP contribution is -2.09. The standard InChI is InChI=1S/C8H5ClF3NO2.CH2O3/c1-4-2-5(13(14)15)3-6(9)7(4)8(10,11)12;2-1(3)4/h2-3H,1H3;(H2,2,3,4). The van der Waals surface area contributed by atoms with E-state index in [9.17, 15) is 23.3 Å². The van der Waals surface area contributed by atoms with E-state index in [1.54, 1.807) is 0 Å². The Bertz CT molecular complexity index is 476. The van der Waals surface area contributed by atoms with E-state index in [2.05, 4.69) is 0 Å². The number of nitrogens with zero attached hydrogens (tertiary/aromatic N) is 1. The Morgan fingerprint density at radius 2 is 1.79 bits per heavy atom. The number of non-ortho nitro benzene ring substituents is 1. The van der Waals surface area contributed by atoms with Gasteiger partial charge in [-0.25, -0.2) is 4.79 Å². The van der Waals surface area contributed by atoms with Gasteiger partial charge >= 0.3 is 12.3 Å². The molecule has 2 N–H and O–H groups in total. The summed E-state index contributed by atoms with van der Waals surface area (Å²) in [7, 11) is 0. The van der Waals surface area contributed by atoms with Gasteiger partial charge in [0.25, 0.3) is 5.69 Å². The first kappa shape index (κ1) is 17.0. The summed E-state index contributed by atoms with van der Waals surface area (Å²) < 4.78 is 37.2. The Balaban J connectivity index is 0.000000711. The van der Waals surface area contributed by atoms with Crippen LogP contribution in [0.3, 0.4) is 0 Å². The fourth-order valence-electron chi connectivity index (χ4n) is 1.19.